The number of rotatable bonds is 13. The van der Waals surface area contributed by atoms with Crippen LogP contribution in [0.5, 0.6) is 17.2 Å². The van der Waals surface area contributed by atoms with Crippen LogP contribution in [0.2, 0.25) is 5.02 Å². The molecule has 1 fully saturated rings. The van der Waals surface area contributed by atoms with Gasteiger partial charge in [0, 0.05) is 54.8 Å². The van der Waals surface area contributed by atoms with E-state index in [0.29, 0.717) is 35.5 Å². The molecule has 1 aliphatic rings. The molecule has 0 unspecified atom stereocenters. The largest absolute Gasteiger partial charge is 0.493 e. The second-order valence-corrected chi connectivity index (χ2v) is 13.0. The summed E-state index contributed by atoms with van der Waals surface area (Å²) < 4.78 is 18.4. The maximum atomic E-state index is 11.8. The lowest BCUT2D eigenvalue weighted by molar-refractivity contribution is 0.111. The van der Waals surface area contributed by atoms with Gasteiger partial charge >= 0.3 is 0 Å². The number of aliphatic hydroxyl groups is 1. The first-order valence-corrected chi connectivity index (χ1v) is 17.5. The van der Waals surface area contributed by atoms with Crippen LogP contribution >= 0.6 is 11.6 Å². The molecule has 8 nitrogen and oxygen atoms in total. The standard InChI is InChI=1S/C43H38ClN3O5/c1-30-35(29-52-43-22-42(37(27-48)21-41(43)44)51-28-34-17-33(23-45)24-46-25-34)9-5-10-40(30)36-18-32(12-11-31-7-3-2-4-8-31)19-39(20-36)50-16-6-14-47-15-13-38(49)26-47/h2-5,7-10,17-22,24-25,27,38,49H,6,13-16,26,28-29H2,1H3/t38-/m1/s1. The highest BCUT2D eigenvalue weighted by Gasteiger charge is 2.19. The molecule has 2 heterocycles. The van der Waals surface area contributed by atoms with Crippen LogP contribution in [-0.4, -0.2) is 53.6 Å². The third kappa shape index (κ3) is 9.57. The SMILES string of the molecule is Cc1c(COc2cc(OCc3cncc(C#N)c3)c(C=O)cc2Cl)cccc1-c1cc(C#Cc2ccccc2)cc(OCCCN2CC[C@@H](O)C2)c1. The zero-order valence-corrected chi connectivity index (χ0v) is 29.6. The van der Waals surface area contributed by atoms with E-state index in [1.54, 1.807) is 18.3 Å². The van der Waals surface area contributed by atoms with Crippen molar-refractivity contribution in [3.8, 4) is 46.3 Å². The number of aldehydes is 1. The van der Waals surface area contributed by atoms with Crippen LogP contribution in [0, 0.1) is 30.1 Å². The molecule has 6 rings (SSSR count). The molecule has 0 amide bonds. The van der Waals surface area contributed by atoms with Gasteiger partial charge in [-0.15, -0.1) is 0 Å². The molecule has 52 heavy (non-hydrogen) atoms. The zero-order valence-electron chi connectivity index (χ0n) is 28.8. The summed E-state index contributed by atoms with van der Waals surface area (Å²) in [7, 11) is 0. The molecule has 4 aromatic carbocycles. The van der Waals surface area contributed by atoms with Gasteiger partial charge in [-0.05, 0) is 84.5 Å². The molecule has 9 heteroatoms. The van der Waals surface area contributed by atoms with E-state index in [0.717, 1.165) is 71.6 Å². The molecule has 0 saturated carbocycles. The average Bonchev–Trinajstić information content (AvgIpc) is 3.59. The number of carbonyl (C=O) groups excluding carboxylic acids is 1. The van der Waals surface area contributed by atoms with E-state index in [1.165, 1.54) is 12.3 Å². The topological polar surface area (TPSA) is 105 Å². The molecule has 1 saturated heterocycles. The molecular formula is C43H38ClN3O5. The zero-order chi connectivity index (χ0) is 36.3. The van der Waals surface area contributed by atoms with Crippen molar-refractivity contribution >= 4 is 17.9 Å². The van der Waals surface area contributed by atoms with Crippen LogP contribution in [0.1, 0.15) is 56.6 Å². The Morgan fingerprint density at radius 2 is 1.75 bits per heavy atom. The molecule has 0 spiro atoms. The highest BCUT2D eigenvalue weighted by Crippen LogP contribution is 2.35. The van der Waals surface area contributed by atoms with Crippen molar-refractivity contribution in [2.75, 3.05) is 26.2 Å². The minimum absolute atomic E-state index is 0.106. The van der Waals surface area contributed by atoms with Crippen LogP contribution < -0.4 is 14.2 Å². The Hall–Kier alpha value is -5.64. The number of halogens is 1. The van der Waals surface area contributed by atoms with Crippen LogP contribution in [0.15, 0.2) is 97.3 Å². The molecule has 0 radical (unpaired) electrons. The summed E-state index contributed by atoms with van der Waals surface area (Å²) in [5.41, 5.74) is 7.11. The smallest absolute Gasteiger partial charge is 0.153 e. The fourth-order valence-corrected chi connectivity index (χ4v) is 6.27. The fraction of sp³-hybridized carbons (Fsp3) is 0.233. The van der Waals surface area contributed by atoms with Crippen molar-refractivity contribution in [1.82, 2.24) is 9.88 Å². The Labute approximate surface area is 309 Å². The van der Waals surface area contributed by atoms with Crippen molar-refractivity contribution < 1.29 is 24.1 Å². The Balaban J connectivity index is 1.21. The summed E-state index contributed by atoms with van der Waals surface area (Å²) in [5.74, 6) is 8.00. The summed E-state index contributed by atoms with van der Waals surface area (Å²) in [6, 6.07) is 28.9. The highest BCUT2D eigenvalue weighted by atomic mass is 35.5. The lowest BCUT2D eigenvalue weighted by Crippen LogP contribution is -2.24. The van der Waals surface area contributed by atoms with Gasteiger partial charge in [0.1, 0.15) is 36.5 Å². The molecular weight excluding hydrogens is 674 g/mol. The molecule has 1 N–H and O–H groups in total. The number of benzene rings is 4. The highest BCUT2D eigenvalue weighted by molar-refractivity contribution is 6.32. The quantitative estimate of drug-likeness (QED) is 0.0750. The predicted molar refractivity (Wildman–Crippen MR) is 201 cm³/mol. The Kier molecular flexibility index (Phi) is 12.2. The average molecular weight is 712 g/mol. The van der Waals surface area contributed by atoms with E-state index < -0.39 is 0 Å². The summed E-state index contributed by atoms with van der Waals surface area (Å²) in [6.07, 6.45) is 5.19. The van der Waals surface area contributed by atoms with Crippen molar-refractivity contribution in [2.45, 2.75) is 39.1 Å². The normalized spacial score (nSPS) is 13.8. The van der Waals surface area contributed by atoms with Gasteiger partial charge in [0.25, 0.3) is 0 Å². The minimum Gasteiger partial charge on any atom is -0.493 e. The lowest BCUT2D eigenvalue weighted by Gasteiger charge is -2.17. The van der Waals surface area contributed by atoms with E-state index in [2.05, 4.69) is 46.9 Å². The molecule has 5 aromatic rings. The molecule has 1 atom stereocenters. The van der Waals surface area contributed by atoms with Crippen LogP contribution in [0.4, 0.5) is 0 Å². The number of likely N-dealkylation sites (tertiary alicyclic amines) is 1. The summed E-state index contributed by atoms with van der Waals surface area (Å²) in [6.45, 7) is 5.43. The van der Waals surface area contributed by atoms with E-state index in [-0.39, 0.29) is 29.9 Å². The lowest BCUT2D eigenvalue weighted by atomic mass is 9.95. The predicted octanol–water partition coefficient (Wildman–Crippen LogP) is 7.79. The summed E-state index contributed by atoms with van der Waals surface area (Å²) in [5, 5.41) is 19.3. The van der Waals surface area contributed by atoms with Crippen LogP contribution in [-0.2, 0) is 13.2 Å². The van der Waals surface area contributed by atoms with Gasteiger partial charge in [-0.2, -0.15) is 5.26 Å². The van der Waals surface area contributed by atoms with Crippen molar-refractivity contribution in [3.63, 3.8) is 0 Å². The second-order valence-electron chi connectivity index (χ2n) is 12.6. The number of nitriles is 1. The third-order valence-corrected chi connectivity index (χ3v) is 9.11. The van der Waals surface area contributed by atoms with Crippen LogP contribution in [0.3, 0.4) is 0 Å². The Morgan fingerprint density at radius 3 is 2.54 bits per heavy atom. The Bertz CT molecular complexity index is 2140. The number of pyridine rings is 1. The first-order valence-electron chi connectivity index (χ1n) is 17.1. The molecule has 0 aliphatic carbocycles. The van der Waals surface area contributed by atoms with Gasteiger partial charge in [-0.3, -0.25) is 9.78 Å². The Morgan fingerprint density at radius 1 is 0.923 bits per heavy atom. The van der Waals surface area contributed by atoms with E-state index >= 15 is 0 Å². The number of nitrogens with zero attached hydrogens (tertiary/aromatic N) is 3. The van der Waals surface area contributed by atoms with Crippen molar-refractivity contribution in [3.05, 3.63) is 141 Å². The summed E-state index contributed by atoms with van der Waals surface area (Å²) >= 11 is 6.55. The van der Waals surface area contributed by atoms with Crippen molar-refractivity contribution in [1.29, 1.82) is 5.26 Å². The van der Waals surface area contributed by atoms with Crippen LogP contribution in [0.25, 0.3) is 11.1 Å². The number of β-amino-alcohol motifs (C(OH)–C–C–N with tert-alkyl or cyclic N) is 1. The number of aliphatic hydroxyl groups excluding tert-OH is 1. The number of carbonyl (C=O) groups is 1. The third-order valence-electron chi connectivity index (χ3n) is 8.82. The fourth-order valence-electron chi connectivity index (χ4n) is 6.04. The van der Waals surface area contributed by atoms with E-state index in [4.69, 9.17) is 25.8 Å². The van der Waals surface area contributed by atoms with Gasteiger partial charge in [-0.1, -0.05) is 59.8 Å². The van der Waals surface area contributed by atoms with E-state index in [1.807, 2.05) is 54.6 Å². The van der Waals surface area contributed by atoms with Gasteiger partial charge < -0.3 is 24.2 Å². The number of ether oxygens (including phenoxy) is 3. The first-order chi connectivity index (χ1) is 25.4. The molecule has 0 bridgehead atoms. The monoisotopic (exact) mass is 711 g/mol. The number of aromatic nitrogens is 1. The van der Waals surface area contributed by atoms with Gasteiger partial charge in [0.15, 0.2) is 6.29 Å². The minimum atomic E-state index is -0.234. The maximum Gasteiger partial charge on any atom is 0.153 e. The van der Waals surface area contributed by atoms with Gasteiger partial charge in [-0.25, -0.2) is 0 Å². The molecule has 1 aliphatic heterocycles. The number of hydrogen-bond acceptors (Lipinski definition) is 8. The maximum absolute atomic E-state index is 11.8. The van der Waals surface area contributed by atoms with E-state index in [9.17, 15) is 15.2 Å². The second kappa shape index (κ2) is 17.5. The number of hydrogen-bond donors (Lipinski definition) is 1. The molecule has 1 aromatic heterocycles. The summed E-state index contributed by atoms with van der Waals surface area (Å²) in [4.78, 5) is 18.2. The first kappa shape index (κ1) is 36.2. The van der Waals surface area contributed by atoms with Gasteiger partial charge in [0.05, 0.1) is 28.9 Å². The van der Waals surface area contributed by atoms with Crippen molar-refractivity contribution in [2.24, 2.45) is 0 Å². The molecule has 262 valence electrons. The van der Waals surface area contributed by atoms with Gasteiger partial charge in [0.2, 0.25) is 0 Å².